The summed E-state index contributed by atoms with van der Waals surface area (Å²) in [5.74, 6) is 0.516. The van der Waals surface area contributed by atoms with Crippen LogP contribution >= 0.6 is 0 Å². The van der Waals surface area contributed by atoms with Crippen molar-refractivity contribution in [3.8, 4) is 0 Å². The van der Waals surface area contributed by atoms with Gasteiger partial charge in [-0.1, -0.05) is 24.3 Å². The number of fused-ring (bicyclic) bond motifs is 1. The number of hydrogen-bond donors (Lipinski definition) is 2. The van der Waals surface area contributed by atoms with E-state index in [-0.39, 0.29) is 0 Å². The molecule has 0 bridgehead atoms. The normalized spacial score (nSPS) is 33.4. The van der Waals surface area contributed by atoms with Crippen LogP contribution in [0.4, 0.5) is 0 Å². The Morgan fingerprint density at radius 3 is 2.93 bits per heavy atom. The first-order chi connectivity index (χ1) is 6.88. The molecule has 3 rings (SSSR count). The van der Waals surface area contributed by atoms with Crippen molar-refractivity contribution in [1.82, 2.24) is 5.32 Å². The van der Waals surface area contributed by atoms with E-state index in [1.165, 1.54) is 11.1 Å². The molecule has 1 aromatic rings. The quantitative estimate of drug-likeness (QED) is 0.750. The van der Waals surface area contributed by atoms with Gasteiger partial charge in [0.25, 0.3) is 0 Å². The molecule has 2 N–H and O–H groups in total. The predicted molar refractivity (Wildman–Crippen MR) is 55.0 cm³/mol. The molecule has 0 amide bonds. The number of aliphatic hydroxyl groups excluding tert-OH is 1. The van der Waals surface area contributed by atoms with Gasteiger partial charge in [0.15, 0.2) is 0 Å². The average molecular weight is 189 g/mol. The second-order valence-corrected chi connectivity index (χ2v) is 4.41. The summed E-state index contributed by atoms with van der Waals surface area (Å²) in [5.41, 5.74) is 2.93. The Kier molecular flexibility index (Phi) is 1.85. The van der Waals surface area contributed by atoms with E-state index in [0.29, 0.717) is 24.6 Å². The molecule has 2 nitrogen and oxygen atoms in total. The van der Waals surface area contributed by atoms with Gasteiger partial charge in [0.05, 0.1) is 0 Å². The van der Waals surface area contributed by atoms with E-state index in [1.54, 1.807) is 0 Å². The standard InChI is InChI=1S/C12H15NO/c14-7-9-6-11(9)13-12-5-8-3-1-2-4-10(8)12/h1-4,9,11-14H,5-7H2. The number of benzene rings is 1. The van der Waals surface area contributed by atoms with E-state index in [0.717, 1.165) is 12.8 Å². The molecule has 2 heteroatoms. The number of rotatable bonds is 3. The van der Waals surface area contributed by atoms with Crippen molar-refractivity contribution in [3.05, 3.63) is 35.4 Å². The fraction of sp³-hybridized carbons (Fsp3) is 0.500. The van der Waals surface area contributed by atoms with E-state index in [4.69, 9.17) is 5.11 Å². The summed E-state index contributed by atoms with van der Waals surface area (Å²) in [6.07, 6.45) is 2.31. The monoisotopic (exact) mass is 189 g/mol. The Morgan fingerprint density at radius 2 is 2.21 bits per heavy atom. The van der Waals surface area contributed by atoms with Crippen LogP contribution in [0.3, 0.4) is 0 Å². The molecule has 0 aliphatic heterocycles. The molecule has 0 saturated heterocycles. The Labute approximate surface area is 84.0 Å². The van der Waals surface area contributed by atoms with Gasteiger partial charge in [0.2, 0.25) is 0 Å². The zero-order valence-corrected chi connectivity index (χ0v) is 8.11. The molecule has 0 radical (unpaired) electrons. The summed E-state index contributed by atoms with van der Waals surface area (Å²) in [4.78, 5) is 0. The molecule has 14 heavy (non-hydrogen) atoms. The fourth-order valence-electron chi connectivity index (χ4n) is 2.32. The first-order valence-electron chi connectivity index (χ1n) is 5.33. The minimum atomic E-state index is 0.339. The van der Waals surface area contributed by atoms with Crippen LogP contribution in [0.2, 0.25) is 0 Å². The molecule has 2 aliphatic rings. The van der Waals surface area contributed by atoms with Crippen molar-refractivity contribution in [2.24, 2.45) is 5.92 Å². The number of hydrogen-bond acceptors (Lipinski definition) is 2. The van der Waals surface area contributed by atoms with Crippen LogP contribution in [0.1, 0.15) is 23.6 Å². The molecule has 1 aromatic carbocycles. The van der Waals surface area contributed by atoms with Crippen LogP contribution in [0.15, 0.2) is 24.3 Å². The highest BCUT2D eigenvalue weighted by molar-refractivity contribution is 5.39. The minimum absolute atomic E-state index is 0.339. The molecule has 0 aromatic heterocycles. The largest absolute Gasteiger partial charge is 0.396 e. The van der Waals surface area contributed by atoms with Crippen LogP contribution in [0.5, 0.6) is 0 Å². The lowest BCUT2D eigenvalue weighted by molar-refractivity contribution is 0.268. The van der Waals surface area contributed by atoms with Gasteiger partial charge < -0.3 is 10.4 Å². The highest BCUT2D eigenvalue weighted by atomic mass is 16.3. The summed E-state index contributed by atoms with van der Waals surface area (Å²) in [5, 5.41) is 12.5. The van der Waals surface area contributed by atoms with Crippen LogP contribution in [-0.4, -0.2) is 17.8 Å². The zero-order valence-electron chi connectivity index (χ0n) is 8.11. The van der Waals surface area contributed by atoms with Crippen LogP contribution < -0.4 is 5.32 Å². The van der Waals surface area contributed by atoms with Crippen molar-refractivity contribution in [2.45, 2.75) is 24.9 Å². The first kappa shape index (κ1) is 8.45. The summed E-state index contributed by atoms with van der Waals surface area (Å²) in [6, 6.07) is 9.72. The number of aliphatic hydroxyl groups is 1. The van der Waals surface area contributed by atoms with Crippen LogP contribution in [0.25, 0.3) is 0 Å². The topological polar surface area (TPSA) is 32.3 Å². The second kappa shape index (κ2) is 3.07. The maximum absolute atomic E-state index is 8.94. The summed E-state index contributed by atoms with van der Waals surface area (Å²) < 4.78 is 0. The first-order valence-corrected chi connectivity index (χ1v) is 5.33. The zero-order chi connectivity index (χ0) is 9.54. The lowest BCUT2D eigenvalue weighted by atomic mass is 9.83. The maximum Gasteiger partial charge on any atom is 0.0474 e. The van der Waals surface area contributed by atoms with Crippen molar-refractivity contribution >= 4 is 0 Å². The third-order valence-electron chi connectivity index (χ3n) is 3.43. The molecule has 74 valence electrons. The minimum Gasteiger partial charge on any atom is -0.396 e. The van der Waals surface area contributed by atoms with Gasteiger partial charge in [-0.25, -0.2) is 0 Å². The Morgan fingerprint density at radius 1 is 1.36 bits per heavy atom. The highest BCUT2D eigenvalue weighted by Crippen LogP contribution is 2.38. The van der Waals surface area contributed by atoms with Crippen molar-refractivity contribution in [2.75, 3.05) is 6.61 Å². The maximum atomic E-state index is 8.94. The molecule has 0 heterocycles. The Balaban J connectivity index is 1.63. The van der Waals surface area contributed by atoms with Gasteiger partial charge in [-0.05, 0) is 29.9 Å². The average Bonchev–Trinajstić information content (AvgIpc) is 2.93. The van der Waals surface area contributed by atoms with E-state index in [9.17, 15) is 0 Å². The van der Waals surface area contributed by atoms with Crippen molar-refractivity contribution in [1.29, 1.82) is 0 Å². The number of nitrogens with one attached hydrogen (secondary N) is 1. The second-order valence-electron chi connectivity index (χ2n) is 4.41. The Bertz CT molecular complexity index is 350. The van der Waals surface area contributed by atoms with E-state index < -0.39 is 0 Å². The van der Waals surface area contributed by atoms with E-state index in [2.05, 4.69) is 29.6 Å². The van der Waals surface area contributed by atoms with Gasteiger partial charge >= 0.3 is 0 Å². The molecule has 3 unspecified atom stereocenters. The lowest BCUT2D eigenvalue weighted by Gasteiger charge is -2.31. The third-order valence-corrected chi connectivity index (χ3v) is 3.43. The molecule has 1 saturated carbocycles. The van der Waals surface area contributed by atoms with Gasteiger partial charge in [-0.3, -0.25) is 0 Å². The molecule has 2 aliphatic carbocycles. The van der Waals surface area contributed by atoms with Crippen LogP contribution in [-0.2, 0) is 6.42 Å². The highest BCUT2D eigenvalue weighted by Gasteiger charge is 2.39. The van der Waals surface area contributed by atoms with E-state index >= 15 is 0 Å². The SMILES string of the molecule is OCC1CC1NC1Cc2ccccc21. The van der Waals surface area contributed by atoms with Gasteiger partial charge in [0.1, 0.15) is 0 Å². The lowest BCUT2D eigenvalue weighted by Crippen LogP contribution is -2.33. The predicted octanol–water partition coefficient (Wildman–Crippen LogP) is 1.25. The van der Waals surface area contributed by atoms with Gasteiger partial charge in [-0.2, -0.15) is 0 Å². The van der Waals surface area contributed by atoms with Crippen molar-refractivity contribution < 1.29 is 5.11 Å². The van der Waals surface area contributed by atoms with Gasteiger partial charge in [-0.15, -0.1) is 0 Å². The molecule has 3 atom stereocenters. The fourth-order valence-corrected chi connectivity index (χ4v) is 2.32. The Hall–Kier alpha value is -0.860. The molecule has 1 fully saturated rings. The van der Waals surface area contributed by atoms with E-state index in [1.807, 2.05) is 0 Å². The summed E-state index contributed by atoms with van der Waals surface area (Å²) in [6.45, 7) is 0.339. The summed E-state index contributed by atoms with van der Waals surface area (Å²) >= 11 is 0. The smallest absolute Gasteiger partial charge is 0.0474 e. The van der Waals surface area contributed by atoms with Gasteiger partial charge in [0, 0.05) is 18.7 Å². The van der Waals surface area contributed by atoms with Crippen molar-refractivity contribution in [3.63, 3.8) is 0 Å². The third kappa shape index (κ3) is 1.26. The molecular formula is C12H15NO. The molecule has 0 spiro atoms. The van der Waals surface area contributed by atoms with Crippen LogP contribution in [0, 0.1) is 5.92 Å². The molecular weight excluding hydrogens is 174 g/mol. The summed E-state index contributed by atoms with van der Waals surface area (Å²) in [7, 11) is 0.